The van der Waals surface area contributed by atoms with Gasteiger partial charge in [0.25, 0.3) is 0 Å². The van der Waals surface area contributed by atoms with E-state index in [-0.39, 0.29) is 0 Å². The van der Waals surface area contributed by atoms with Gasteiger partial charge in [-0.2, -0.15) is 0 Å². The van der Waals surface area contributed by atoms with Gasteiger partial charge in [0.1, 0.15) is 29.1 Å². The van der Waals surface area contributed by atoms with Gasteiger partial charge in [-0.15, -0.1) is 0 Å². The first-order chi connectivity index (χ1) is 30.9. The normalized spacial score (nSPS) is 11.1. The molecule has 0 saturated carbocycles. The van der Waals surface area contributed by atoms with Crippen LogP contribution in [-0.4, -0.2) is 19.9 Å². The molecule has 0 atom stereocenters. The smallest absolute Gasteiger partial charge is 0.143 e. The monoisotopic (exact) mass is 836 g/mol. The third-order valence-electron chi connectivity index (χ3n) is 11.4. The third-order valence-corrected chi connectivity index (χ3v) is 11.4. The second-order valence-corrected chi connectivity index (χ2v) is 16.6. The Morgan fingerprint density at radius 3 is 0.841 bits per heavy atom. The van der Waals surface area contributed by atoms with Crippen LogP contribution in [0.5, 0.6) is 0 Å². The quantitative estimate of drug-likeness (QED) is 0.0714. The summed E-state index contributed by atoms with van der Waals surface area (Å²) < 4.78 is 0. The van der Waals surface area contributed by atoms with Crippen molar-refractivity contribution in [1.82, 2.24) is 19.9 Å². The maximum absolute atomic E-state index is 5.65. The van der Waals surface area contributed by atoms with Crippen LogP contribution in [0.15, 0.2) is 140 Å². The minimum absolute atomic E-state index is 0.729. The topological polar surface area (TPSA) is 61.3 Å². The number of rotatable bonds is 21. The van der Waals surface area contributed by atoms with Crippen molar-refractivity contribution in [2.75, 3.05) is 14.7 Å². The molecule has 4 heterocycles. The first-order valence-corrected chi connectivity index (χ1v) is 23.5. The molecule has 7 nitrogen and oxygen atoms in total. The number of hydrogen-bond donors (Lipinski definition) is 0. The Hall–Kier alpha value is -6.34. The molecule has 7 aromatic rings. The van der Waals surface area contributed by atoms with Crippen LogP contribution in [0.1, 0.15) is 113 Å². The molecule has 63 heavy (non-hydrogen) atoms. The Morgan fingerprint density at radius 1 is 0.286 bits per heavy atom. The van der Waals surface area contributed by atoms with Crippen LogP contribution < -0.4 is 14.7 Å². The molecule has 3 aromatic carbocycles. The van der Waals surface area contributed by atoms with E-state index in [4.69, 9.17) is 19.9 Å². The van der Waals surface area contributed by atoms with Crippen molar-refractivity contribution in [2.45, 2.75) is 119 Å². The van der Waals surface area contributed by atoms with Crippen LogP contribution >= 0.6 is 0 Å². The van der Waals surface area contributed by atoms with Gasteiger partial charge in [0.15, 0.2) is 0 Å². The zero-order valence-electron chi connectivity index (χ0n) is 38.4. The second kappa shape index (κ2) is 22.1. The molecule has 0 saturated heterocycles. The highest BCUT2D eigenvalue weighted by Crippen LogP contribution is 2.43. The third kappa shape index (κ3) is 11.2. The van der Waals surface area contributed by atoms with Crippen molar-refractivity contribution in [1.29, 1.82) is 0 Å². The van der Waals surface area contributed by atoms with Crippen LogP contribution in [0.3, 0.4) is 0 Å². The van der Waals surface area contributed by atoms with Gasteiger partial charge >= 0.3 is 0 Å². The van der Waals surface area contributed by atoms with Crippen molar-refractivity contribution in [3.05, 3.63) is 173 Å². The summed E-state index contributed by atoms with van der Waals surface area (Å²) in [7, 11) is 0. The van der Waals surface area contributed by atoms with E-state index < -0.39 is 0 Å². The molecule has 0 aliphatic rings. The largest absolute Gasteiger partial charge is 0.295 e. The lowest BCUT2D eigenvalue weighted by molar-refractivity contribution is 0.911. The fraction of sp³-hybridized carbons (Fsp3) is 0.321. The number of aryl methyl sites for hydroxylation is 6. The summed E-state index contributed by atoms with van der Waals surface area (Å²) in [4.78, 5) is 27.7. The highest BCUT2D eigenvalue weighted by molar-refractivity contribution is 5.84. The molecular formula is C56H65N7. The molecule has 0 radical (unpaired) electrons. The van der Waals surface area contributed by atoms with Crippen molar-refractivity contribution < 1.29 is 0 Å². The zero-order valence-corrected chi connectivity index (χ0v) is 38.4. The molecule has 0 bridgehead atoms. The Morgan fingerprint density at radius 2 is 0.556 bits per heavy atom. The van der Waals surface area contributed by atoms with Crippen molar-refractivity contribution >= 4 is 51.8 Å². The number of hydrogen-bond acceptors (Lipinski definition) is 7. The molecule has 0 spiro atoms. The van der Waals surface area contributed by atoms with Gasteiger partial charge in [-0.25, -0.2) is 19.9 Å². The van der Waals surface area contributed by atoms with Crippen molar-refractivity contribution in [3.63, 3.8) is 0 Å². The van der Waals surface area contributed by atoms with E-state index in [1.165, 1.54) is 33.4 Å². The maximum Gasteiger partial charge on any atom is 0.143 e. The van der Waals surface area contributed by atoms with E-state index in [0.29, 0.717) is 0 Å². The molecule has 0 aliphatic carbocycles. The molecule has 0 aliphatic heterocycles. The molecule has 324 valence electrons. The molecule has 7 rings (SSSR count). The summed E-state index contributed by atoms with van der Waals surface area (Å²) in [6.45, 7) is 13.3. The molecule has 0 unspecified atom stereocenters. The predicted molar refractivity (Wildman–Crippen MR) is 266 cm³/mol. The number of pyridine rings is 4. The lowest BCUT2D eigenvalue weighted by atomic mass is 10.1. The molecule has 0 amide bonds. The molecule has 7 heteroatoms. The van der Waals surface area contributed by atoms with Crippen molar-refractivity contribution in [2.24, 2.45) is 0 Å². The average Bonchev–Trinajstić information content (AvgIpc) is 3.31. The highest BCUT2D eigenvalue weighted by Gasteiger charge is 2.25. The summed E-state index contributed by atoms with van der Waals surface area (Å²) in [5, 5.41) is 0. The summed E-state index contributed by atoms with van der Waals surface area (Å²) in [6, 6.07) is 44.1. The first-order valence-electron chi connectivity index (χ1n) is 23.5. The lowest BCUT2D eigenvalue weighted by Gasteiger charge is -2.31. The summed E-state index contributed by atoms with van der Waals surface area (Å²) in [5.74, 6) is 3.88. The van der Waals surface area contributed by atoms with Gasteiger partial charge in [0.05, 0.1) is 5.69 Å². The Labute approximate surface area is 377 Å². The average molecular weight is 836 g/mol. The number of aromatic nitrogens is 4. The standard InChI is InChI=1S/C56H65N7/c1-7-13-42-19-28-48(29-20-42)61(52-34-25-45(16-10-4)39-57-52)51-37-55(62(49-30-21-43(14-8-2)22-31-49)53-35-26-46(17-11-5)40-58-53)60-56(38-51)63(50-32-23-44(15-9-3)24-33-50)54-36-27-47(18-12-6)41-59-54/h19-41H,7-18H2,1-6H3. The Bertz CT molecular complexity index is 2000. The van der Waals surface area contributed by atoms with Crippen LogP contribution in [-0.2, 0) is 38.5 Å². The molecule has 0 N–H and O–H groups in total. The lowest BCUT2D eigenvalue weighted by Crippen LogP contribution is -2.19. The maximum atomic E-state index is 5.65. The zero-order chi connectivity index (χ0) is 44.0. The SMILES string of the molecule is CCCc1ccc(N(c2cc(N(c3ccc(CCC)cc3)c3ccc(CCC)cn3)nc(N(c3ccc(CCC)cc3)c3ccc(CCC)cn3)c2)c2ccc(CCC)cn2)cc1. The van der Waals surface area contributed by atoms with Crippen LogP contribution in [0.2, 0.25) is 0 Å². The first kappa shape index (κ1) is 44.7. The van der Waals surface area contributed by atoms with Gasteiger partial charge in [-0.05, 0) is 127 Å². The minimum Gasteiger partial charge on any atom is -0.295 e. The van der Waals surface area contributed by atoms with Crippen LogP contribution in [0, 0.1) is 0 Å². The number of benzene rings is 3. The second-order valence-electron chi connectivity index (χ2n) is 16.6. The van der Waals surface area contributed by atoms with Gasteiger partial charge in [-0.1, -0.05) is 135 Å². The van der Waals surface area contributed by atoms with Crippen molar-refractivity contribution in [3.8, 4) is 0 Å². The predicted octanol–water partition coefficient (Wildman–Crippen LogP) is 15.4. The van der Waals surface area contributed by atoms with Gasteiger partial charge < -0.3 is 0 Å². The molecule has 4 aromatic heterocycles. The summed E-state index contributed by atoms with van der Waals surface area (Å²) in [5.41, 5.74) is 11.5. The number of nitrogens with zero attached hydrogens (tertiary/aromatic N) is 7. The molecule has 0 fully saturated rings. The Balaban J connectivity index is 1.51. The van der Waals surface area contributed by atoms with E-state index in [1.807, 2.05) is 18.6 Å². The molecular weight excluding hydrogens is 771 g/mol. The number of anilines is 9. The highest BCUT2D eigenvalue weighted by atomic mass is 15.3. The summed E-state index contributed by atoms with van der Waals surface area (Å²) >= 11 is 0. The van der Waals surface area contributed by atoms with Crippen LogP contribution in [0.25, 0.3) is 0 Å². The van der Waals surface area contributed by atoms with E-state index >= 15 is 0 Å². The summed E-state index contributed by atoms with van der Waals surface area (Å²) in [6.07, 6.45) is 18.5. The fourth-order valence-electron chi connectivity index (χ4n) is 8.28. The van der Waals surface area contributed by atoms with E-state index in [2.05, 4.69) is 178 Å². The minimum atomic E-state index is 0.729. The van der Waals surface area contributed by atoms with E-state index in [0.717, 1.165) is 129 Å². The van der Waals surface area contributed by atoms with Crippen LogP contribution in [0.4, 0.5) is 51.8 Å². The van der Waals surface area contributed by atoms with E-state index in [9.17, 15) is 0 Å². The van der Waals surface area contributed by atoms with Gasteiger partial charge in [0.2, 0.25) is 0 Å². The van der Waals surface area contributed by atoms with E-state index in [1.54, 1.807) is 0 Å². The van der Waals surface area contributed by atoms with Gasteiger partial charge in [-0.3, -0.25) is 14.7 Å². The van der Waals surface area contributed by atoms with Gasteiger partial charge in [0, 0.05) is 47.8 Å². The fourth-order valence-corrected chi connectivity index (χ4v) is 8.28. The Kier molecular flexibility index (Phi) is 15.7.